The topological polar surface area (TPSA) is 26.3 Å². The van der Waals surface area contributed by atoms with Gasteiger partial charge in [0, 0.05) is 5.92 Å². The van der Waals surface area contributed by atoms with Crippen molar-refractivity contribution in [3.63, 3.8) is 0 Å². The minimum Gasteiger partial charge on any atom is -0.494 e. The second-order valence-corrected chi connectivity index (χ2v) is 3.70. The minimum absolute atomic E-state index is 0.0558. The molecule has 0 fully saturated rings. The number of hydrogen-bond acceptors (Lipinski definition) is 2. The number of carbonyl (C=O) groups excluding carboxylic acids is 1. The molecule has 0 aliphatic carbocycles. The number of carbonyl (C=O) groups is 1. The summed E-state index contributed by atoms with van der Waals surface area (Å²) in [6.07, 6.45) is 3.14. The number of benzene rings is 1. The van der Waals surface area contributed by atoms with E-state index in [1.165, 1.54) is 0 Å². The molecule has 1 rings (SSSR count). The Kier molecular flexibility index (Phi) is 4.88. The lowest BCUT2D eigenvalue weighted by Gasteiger charge is -2.08. The van der Waals surface area contributed by atoms with Gasteiger partial charge in [-0.1, -0.05) is 32.4 Å². The van der Waals surface area contributed by atoms with E-state index in [2.05, 4.69) is 6.92 Å². The van der Waals surface area contributed by atoms with Gasteiger partial charge in [-0.2, -0.15) is 0 Å². The predicted molar refractivity (Wildman–Crippen MR) is 61.3 cm³/mol. The molecule has 2 nitrogen and oxygen atoms in total. The van der Waals surface area contributed by atoms with Crippen LogP contribution < -0.4 is 4.74 Å². The van der Waals surface area contributed by atoms with E-state index in [1.54, 1.807) is 0 Å². The summed E-state index contributed by atoms with van der Waals surface area (Å²) in [5.74, 6) is 0.800. The second-order valence-electron chi connectivity index (χ2n) is 3.70. The van der Waals surface area contributed by atoms with Gasteiger partial charge in [-0.15, -0.1) is 0 Å². The number of ether oxygens (including phenoxy) is 1. The molecule has 0 spiro atoms. The van der Waals surface area contributed by atoms with Gasteiger partial charge in [0.1, 0.15) is 12.0 Å². The number of unbranched alkanes of at least 4 members (excludes halogenated alkanes) is 1. The highest BCUT2D eigenvalue weighted by molar-refractivity contribution is 5.61. The molecule has 0 bridgehead atoms. The van der Waals surface area contributed by atoms with E-state index < -0.39 is 0 Å². The highest BCUT2D eigenvalue weighted by atomic mass is 16.5. The van der Waals surface area contributed by atoms with Crippen molar-refractivity contribution in [1.29, 1.82) is 0 Å². The van der Waals surface area contributed by atoms with Gasteiger partial charge in [-0.3, -0.25) is 0 Å². The van der Waals surface area contributed by atoms with Crippen molar-refractivity contribution in [2.24, 2.45) is 0 Å². The van der Waals surface area contributed by atoms with Crippen LogP contribution in [0.1, 0.15) is 38.2 Å². The van der Waals surface area contributed by atoms with Gasteiger partial charge in [-0.05, 0) is 24.1 Å². The SMILES string of the molecule is CCCCOc1cccc(C(C)C=O)c1. The summed E-state index contributed by atoms with van der Waals surface area (Å²) in [5, 5.41) is 0. The highest BCUT2D eigenvalue weighted by Crippen LogP contribution is 2.19. The van der Waals surface area contributed by atoms with E-state index in [-0.39, 0.29) is 5.92 Å². The van der Waals surface area contributed by atoms with Crippen molar-refractivity contribution in [1.82, 2.24) is 0 Å². The summed E-state index contributed by atoms with van der Waals surface area (Å²) in [7, 11) is 0. The molecule has 0 aromatic heterocycles. The molecule has 0 heterocycles. The number of aldehydes is 1. The molecule has 0 saturated heterocycles. The molecule has 1 aromatic carbocycles. The van der Waals surface area contributed by atoms with Crippen LogP contribution >= 0.6 is 0 Å². The third kappa shape index (κ3) is 3.74. The quantitative estimate of drug-likeness (QED) is 0.528. The van der Waals surface area contributed by atoms with Gasteiger partial charge in [0.2, 0.25) is 0 Å². The molecule has 0 aliphatic heterocycles. The van der Waals surface area contributed by atoms with Crippen molar-refractivity contribution in [2.45, 2.75) is 32.6 Å². The fourth-order valence-corrected chi connectivity index (χ4v) is 1.30. The molecule has 1 aromatic rings. The van der Waals surface area contributed by atoms with Crippen molar-refractivity contribution in [3.05, 3.63) is 29.8 Å². The van der Waals surface area contributed by atoms with Crippen molar-refractivity contribution < 1.29 is 9.53 Å². The fourth-order valence-electron chi connectivity index (χ4n) is 1.30. The standard InChI is InChI=1S/C13H18O2/c1-3-4-8-15-13-7-5-6-12(9-13)11(2)10-14/h5-7,9-11H,3-4,8H2,1-2H3. The molecular formula is C13H18O2. The average Bonchev–Trinajstić information content (AvgIpc) is 2.29. The second kappa shape index (κ2) is 6.23. The average molecular weight is 206 g/mol. The molecular weight excluding hydrogens is 188 g/mol. The maximum atomic E-state index is 10.6. The first-order valence-electron chi connectivity index (χ1n) is 5.46. The Morgan fingerprint density at radius 2 is 2.27 bits per heavy atom. The molecule has 0 N–H and O–H groups in total. The Bertz CT molecular complexity index is 307. The molecule has 0 amide bonds. The van der Waals surface area contributed by atoms with Gasteiger partial charge in [0.25, 0.3) is 0 Å². The third-order valence-corrected chi connectivity index (χ3v) is 2.35. The number of rotatable bonds is 6. The van der Waals surface area contributed by atoms with E-state index in [9.17, 15) is 4.79 Å². The van der Waals surface area contributed by atoms with Crippen LogP contribution in [0.25, 0.3) is 0 Å². The van der Waals surface area contributed by atoms with Gasteiger partial charge in [-0.25, -0.2) is 0 Å². The molecule has 1 unspecified atom stereocenters. The van der Waals surface area contributed by atoms with Crippen LogP contribution in [0, 0.1) is 0 Å². The van der Waals surface area contributed by atoms with E-state index in [1.807, 2.05) is 31.2 Å². The zero-order chi connectivity index (χ0) is 11.1. The lowest BCUT2D eigenvalue weighted by molar-refractivity contribution is -0.108. The van der Waals surface area contributed by atoms with Gasteiger partial charge in [0.05, 0.1) is 6.61 Å². The maximum absolute atomic E-state index is 10.6. The molecule has 82 valence electrons. The Morgan fingerprint density at radius 3 is 2.93 bits per heavy atom. The predicted octanol–water partition coefficient (Wildman–Crippen LogP) is 3.17. The first-order valence-corrected chi connectivity index (χ1v) is 5.46. The van der Waals surface area contributed by atoms with Crippen LogP contribution in [0.5, 0.6) is 5.75 Å². The van der Waals surface area contributed by atoms with Crippen LogP contribution in [0.3, 0.4) is 0 Å². The lowest BCUT2D eigenvalue weighted by Crippen LogP contribution is -1.99. The molecule has 1 atom stereocenters. The summed E-state index contributed by atoms with van der Waals surface area (Å²) < 4.78 is 5.57. The van der Waals surface area contributed by atoms with Crippen molar-refractivity contribution in [2.75, 3.05) is 6.61 Å². The number of hydrogen-bond donors (Lipinski definition) is 0. The van der Waals surface area contributed by atoms with E-state index in [0.717, 1.165) is 37.0 Å². The summed E-state index contributed by atoms with van der Waals surface area (Å²) in [6.45, 7) is 4.77. The van der Waals surface area contributed by atoms with Crippen LogP contribution in [-0.4, -0.2) is 12.9 Å². The Hall–Kier alpha value is -1.31. The first-order chi connectivity index (χ1) is 7.27. The van der Waals surface area contributed by atoms with Crippen LogP contribution in [0.4, 0.5) is 0 Å². The molecule has 2 heteroatoms. The zero-order valence-electron chi connectivity index (χ0n) is 9.40. The van der Waals surface area contributed by atoms with E-state index >= 15 is 0 Å². The summed E-state index contributed by atoms with van der Waals surface area (Å²) >= 11 is 0. The van der Waals surface area contributed by atoms with E-state index in [0.29, 0.717) is 0 Å². The maximum Gasteiger partial charge on any atom is 0.127 e. The normalized spacial score (nSPS) is 12.1. The van der Waals surface area contributed by atoms with Gasteiger partial charge in [0.15, 0.2) is 0 Å². The van der Waals surface area contributed by atoms with Crippen LogP contribution in [0.2, 0.25) is 0 Å². The van der Waals surface area contributed by atoms with E-state index in [4.69, 9.17) is 4.74 Å². The molecule has 0 radical (unpaired) electrons. The monoisotopic (exact) mass is 206 g/mol. The van der Waals surface area contributed by atoms with Crippen molar-refractivity contribution in [3.8, 4) is 5.75 Å². The summed E-state index contributed by atoms with van der Waals surface area (Å²) in [6, 6.07) is 7.74. The summed E-state index contributed by atoms with van der Waals surface area (Å²) in [4.78, 5) is 10.6. The fraction of sp³-hybridized carbons (Fsp3) is 0.462. The zero-order valence-corrected chi connectivity index (χ0v) is 9.40. The third-order valence-electron chi connectivity index (χ3n) is 2.35. The summed E-state index contributed by atoms with van der Waals surface area (Å²) in [5.41, 5.74) is 1.01. The largest absolute Gasteiger partial charge is 0.494 e. The van der Waals surface area contributed by atoms with Crippen LogP contribution in [0.15, 0.2) is 24.3 Å². The van der Waals surface area contributed by atoms with Gasteiger partial charge >= 0.3 is 0 Å². The first kappa shape index (κ1) is 11.8. The Balaban J connectivity index is 2.61. The lowest BCUT2D eigenvalue weighted by atomic mass is 10.0. The minimum atomic E-state index is -0.0558. The van der Waals surface area contributed by atoms with Gasteiger partial charge < -0.3 is 9.53 Å². The Morgan fingerprint density at radius 1 is 1.47 bits per heavy atom. The van der Waals surface area contributed by atoms with Crippen molar-refractivity contribution >= 4 is 6.29 Å². The van der Waals surface area contributed by atoms with Crippen LogP contribution in [-0.2, 0) is 4.79 Å². The molecule has 0 aliphatic rings. The smallest absolute Gasteiger partial charge is 0.127 e. The molecule has 15 heavy (non-hydrogen) atoms. The Labute approximate surface area is 91.3 Å². The molecule has 0 saturated carbocycles. The highest BCUT2D eigenvalue weighted by Gasteiger charge is 2.04.